The van der Waals surface area contributed by atoms with Crippen molar-refractivity contribution in [3.05, 3.63) is 66.0 Å². The van der Waals surface area contributed by atoms with Gasteiger partial charge in [-0.15, -0.1) is 0 Å². The second-order valence-electron chi connectivity index (χ2n) is 8.11. The second kappa shape index (κ2) is 7.66. The number of benzene rings is 2. The van der Waals surface area contributed by atoms with Crippen molar-refractivity contribution in [2.75, 3.05) is 19.4 Å². The Balaban J connectivity index is 1.28. The van der Waals surface area contributed by atoms with Gasteiger partial charge >= 0.3 is 0 Å². The Morgan fingerprint density at radius 1 is 1.23 bits per heavy atom. The number of aromatic nitrogens is 3. The number of fused-ring (bicyclic) bond motifs is 1. The first-order valence-corrected chi connectivity index (χ1v) is 10.8. The van der Waals surface area contributed by atoms with Crippen LogP contribution in [-0.4, -0.2) is 40.1 Å². The van der Waals surface area contributed by atoms with Crippen molar-refractivity contribution in [2.24, 2.45) is 5.92 Å². The predicted octanol–water partition coefficient (Wildman–Crippen LogP) is 4.49. The molecule has 2 aromatic carbocycles. The predicted molar refractivity (Wildman–Crippen MR) is 121 cm³/mol. The second-order valence-corrected chi connectivity index (χ2v) is 9.14. The van der Waals surface area contributed by atoms with Gasteiger partial charge in [-0.1, -0.05) is 41.7 Å². The number of nitrogens with one attached hydrogen (secondary N) is 2. The lowest BCUT2D eigenvalue weighted by atomic mass is 10.1. The summed E-state index contributed by atoms with van der Waals surface area (Å²) in [6.45, 7) is 0.907. The Hall–Kier alpha value is -3.03. The highest BCUT2D eigenvalue weighted by Gasteiger charge is 2.44. The lowest BCUT2D eigenvalue weighted by molar-refractivity contribution is -0.117. The van der Waals surface area contributed by atoms with E-state index in [0.717, 1.165) is 34.3 Å². The van der Waals surface area contributed by atoms with Gasteiger partial charge in [0.2, 0.25) is 5.91 Å². The molecule has 2 atom stereocenters. The molecule has 7 heteroatoms. The first kappa shape index (κ1) is 19.0. The maximum atomic E-state index is 12.8. The van der Waals surface area contributed by atoms with Crippen molar-refractivity contribution in [2.45, 2.75) is 18.9 Å². The molecule has 2 heterocycles. The van der Waals surface area contributed by atoms with Crippen LogP contribution in [0.15, 0.2) is 54.9 Å². The molecule has 0 spiro atoms. The lowest BCUT2D eigenvalue weighted by Crippen LogP contribution is -2.14. The van der Waals surface area contributed by atoms with Crippen molar-refractivity contribution in [1.29, 1.82) is 0 Å². The molecule has 0 unspecified atom stereocenters. The molecule has 5 rings (SSSR count). The molecule has 0 radical (unpaired) electrons. The van der Waals surface area contributed by atoms with Gasteiger partial charge in [-0.05, 0) is 55.3 Å². The Kier molecular flexibility index (Phi) is 4.84. The maximum Gasteiger partial charge on any atom is 0.229 e. The highest BCUT2D eigenvalue weighted by atomic mass is 32.1. The zero-order valence-corrected chi connectivity index (χ0v) is 17.7. The molecule has 0 aliphatic heterocycles. The summed E-state index contributed by atoms with van der Waals surface area (Å²) in [5.74, 6) is 0.384. The molecule has 0 bridgehead atoms. The average Bonchev–Trinajstić information content (AvgIpc) is 3.14. The fourth-order valence-corrected chi connectivity index (χ4v) is 4.81. The molecule has 4 aromatic rings. The van der Waals surface area contributed by atoms with E-state index in [2.05, 4.69) is 69.8 Å². The molecule has 1 amide bonds. The van der Waals surface area contributed by atoms with E-state index in [9.17, 15) is 4.79 Å². The van der Waals surface area contributed by atoms with Crippen LogP contribution in [0.5, 0.6) is 0 Å². The zero-order chi connectivity index (χ0) is 20.7. The van der Waals surface area contributed by atoms with E-state index in [4.69, 9.17) is 0 Å². The van der Waals surface area contributed by atoms with Gasteiger partial charge in [-0.3, -0.25) is 9.89 Å². The number of H-pyrrole nitrogens is 1. The molecular formula is C23H23N5OS. The van der Waals surface area contributed by atoms with E-state index in [1.165, 1.54) is 22.5 Å². The summed E-state index contributed by atoms with van der Waals surface area (Å²) >= 11 is 1.51. The van der Waals surface area contributed by atoms with Gasteiger partial charge in [0.25, 0.3) is 0 Å². The van der Waals surface area contributed by atoms with Crippen LogP contribution in [0.1, 0.15) is 23.5 Å². The number of carbonyl (C=O) groups is 1. The highest BCUT2D eigenvalue weighted by molar-refractivity contribution is 7.22. The monoisotopic (exact) mass is 417 g/mol. The number of nitrogens with zero attached hydrogens (tertiary/aromatic N) is 3. The Morgan fingerprint density at radius 3 is 2.93 bits per heavy atom. The van der Waals surface area contributed by atoms with Crippen LogP contribution < -0.4 is 5.32 Å². The van der Waals surface area contributed by atoms with E-state index < -0.39 is 0 Å². The number of rotatable bonds is 6. The van der Waals surface area contributed by atoms with Crippen LogP contribution in [0, 0.1) is 5.92 Å². The van der Waals surface area contributed by atoms with Crippen molar-refractivity contribution in [3.63, 3.8) is 0 Å². The van der Waals surface area contributed by atoms with Crippen LogP contribution >= 0.6 is 11.3 Å². The Morgan fingerprint density at radius 2 is 2.13 bits per heavy atom. The molecule has 6 nitrogen and oxygen atoms in total. The molecule has 0 saturated heterocycles. The number of amides is 1. The van der Waals surface area contributed by atoms with E-state index in [-0.39, 0.29) is 11.8 Å². The molecule has 1 fully saturated rings. The van der Waals surface area contributed by atoms with Gasteiger partial charge in [0, 0.05) is 24.2 Å². The lowest BCUT2D eigenvalue weighted by Gasteiger charge is -2.10. The van der Waals surface area contributed by atoms with Crippen LogP contribution in [0.4, 0.5) is 5.13 Å². The molecule has 2 aromatic heterocycles. The standard InChI is InChI=1S/C23H23N5OS/c1-28(2)13-14-4-3-5-16(8-14)18-10-19(18)22(29)27-23-26-20-7-6-15(9-21(20)30-23)17-11-24-25-12-17/h3-9,11-12,18-19H,10,13H2,1-2H3,(H,24,25)(H,26,27,29)/t18-,19+/m1/s1. The minimum Gasteiger partial charge on any atom is -0.305 e. The number of anilines is 1. The van der Waals surface area contributed by atoms with Gasteiger partial charge < -0.3 is 10.2 Å². The van der Waals surface area contributed by atoms with Crippen LogP contribution in [0.2, 0.25) is 0 Å². The minimum absolute atomic E-state index is 0.0214. The van der Waals surface area contributed by atoms with E-state index in [0.29, 0.717) is 11.0 Å². The number of hydrogen-bond donors (Lipinski definition) is 2. The van der Waals surface area contributed by atoms with Crippen LogP contribution in [0.25, 0.3) is 21.3 Å². The fraction of sp³-hybridized carbons (Fsp3) is 0.261. The smallest absolute Gasteiger partial charge is 0.229 e. The van der Waals surface area contributed by atoms with Gasteiger partial charge in [0.05, 0.1) is 16.4 Å². The number of hydrogen-bond acceptors (Lipinski definition) is 5. The number of carbonyl (C=O) groups excluding carboxylic acids is 1. The number of aromatic amines is 1. The molecule has 1 saturated carbocycles. The van der Waals surface area contributed by atoms with E-state index in [1.807, 2.05) is 18.3 Å². The summed E-state index contributed by atoms with van der Waals surface area (Å²) in [6.07, 6.45) is 4.56. The Bertz CT molecular complexity index is 1200. The van der Waals surface area contributed by atoms with Crippen molar-refractivity contribution in [1.82, 2.24) is 20.1 Å². The largest absolute Gasteiger partial charge is 0.305 e. The summed E-state index contributed by atoms with van der Waals surface area (Å²) in [6, 6.07) is 14.7. The molecule has 1 aliphatic carbocycles. The van der Waals surface area contributed by atoms with Crippen molar-refractivity contribution in [3.8, 4) is 11.1 Å². The molecule has 2 N–H and O–H groups in total. The van der Waals surface area contributed by atoms with Crippen LogP contribution in [-0.2, 0) is 11.3 Å². The third-order valence-electron chi connectivity index (χ3n) is 5.46. The molecule has 30 heavy (non-hydrogen) atoms. The topological polar surface area (TPSA) is 73.9 Å². The minimum atomic E-state index is 0.0214. The summed E-state index contributed by atoms with van der Waals surface area (Å²) in [4.78, 5) is 19.5. The first-order chi connectivity index (χ1) is 14.6. The van der Waals surface area contributed by atoms with E-state index >= 15 is 0 Å². The molecular weight excluding hydrogens is 394 g/mol. The van der Waals surface area contributed by atoms with Crippen LogP contribution in [0.3, 0.4) is 0 Å². The normalized spacial score (nSPS) is 18.1. The Labute approximate surface area is 179 Å². The maximum absolute atomic E-state index is 12.8. The quantitative estimate of drug-likeness (QED) is 0.485. The summed E-state index contributed by atoms with van der Waals surface area (Å²) < 4.78 is 1.05. The summed E-state index contributed by atoms with van der Waals surface area (Å²) in [5.41, 5.74) is 5.55. The number of thiazole rings is 1. The van der Waals surface area contributed by atoms with Gasteiger partial charge in [-0.2, -0.15) is 5.10 Å². The summed E-state index contributed by atoms with van der Waals surface area (Å²) in [5, 5.41) is 10.5. The SMILES string of the molecule is CN(C)Cc1cccc([C@H]2C[C@@H]2C(=O)Nc2nc3ccc(-c4cn[nH]c4)cc3s2)c1. The fourth-order valence-electron chi connectivity index (χ4n) is 3.90. The van der Waals surface area contributed by atoms with Gasteiger partial charge in [0.15, 0.2) is 5.13 Å². The third kappa shape index (κ3) is 3.86. The van der Waals surface area contributed by atoms with E-state index in [1.54, 1.807) is 6.20 Å². The highest BCUT2D eigenvalue weighted by Crippen LogP contribution is 2.48. The van der Waals surface area contributed by atoms with Gasteiger partial charge in [0.1, 0.15) is 0 Å². The average molecular weight is 418 g/mol. The first-order valence-electron chi connectivity index (χ1n) is 10.0. The molecule has 1 aliphatic rings. The molecule has 152 valence electrons. The van der Waals surface area contributed by atoms with Gasteiger partial charge in [-0.25, -0.2) is 4.98 Å². The van der Waals surface area contributed by atoms with Crippen molar-refractivity contribution >= 4 is 32.6 Å². The third-order valence-corrected chi connectivity index (χ3v) is 6.39. The zero-order valence-electron chi connectivity index (χ0n) is 16.9. The van der Waals surface area contributed by atoms with Crippen molar-refractivity contribution < 1.29 is 4.79 Å². The summed E-state index contributed by atoms with van der Waals surface area (Å²) in [7, 11) is 4.13.